The second-order valence-corrected chi connectivity index (χ2v) is 6.24. The van der Waals surface area contributed by atoms with Crippen LogP contribution in [0.3, 0.4) is 0 Å². The van der Waals surface area contributed by atoms with E-state index in [4.69, 9.17) is 0 Å². The van der Waals surface area contributed by atoms with E-state index in [1.807, 2.05) is 0 Å². The summed E-state index contributed by atoms with van der Waals surface area (Å²) in [6.07, 6.45) is 4.33. The molecule has 1 N–H and O–H groups in total. The number of anilines is 1. The van der Waals surface area contributed by atoms with Crippen LogP contribution in [0.2, 0.25) is 0 Å². The van der Waals surface area contributed by atoms with Crippen molar-refractivity contribution in [2.45, 2.75) is 57.2 Å². The Bertz CT molecular complexity index is 475. The molecule has 0 heterocycles. The lowest BCUT2D eigenvalue weighted by Gasteiger charge is -2.52. The lowest BCUT2D eigenvalue weighted by molar-refractivity contribution is -0.137. The number of benzene rings is 1. The third kappa shape index (κ3) is 2.52. The van der Waals surface area contributed by atoms with Gasteiger partial charge in [-0.3, -0.25) is 0 Å². The predicted molar refractivity (Wildman–Crippen MR) is 73.6 cm³/mol. The number of alkyl halides is 3. The van der Waals surface area contributed by atoms with E-state index in [-0.39, 0.29) is 0 Å². The standard InChI is InChI=1S/C16H20F3N/c17-16(18,19)12-5-4-6-13(11-12)20-14-7-10-15(14)8-2-1-3-9-15/h4-6,11,14,20H,1-3,7-10H2. The average molecular weight is 283 g/mol. The van der Waals surface area contributed by atoms with E-state index in [1.54, 1.807) is 6.07 Å². The zero-order valence-corrected chi connectivity index (χ0v) is 11.5. The predicted octanol–water partition coefficient (Wildman–Crippen LogP) is 5.23. The average Bonchev–Trinajstić information content (AvgIpc) is 2.44. The topological polar surface area (TPSA) is 12.0 Å². The van der Waals surface area contributed by atoms with Crippen LogP contribution in [0.25, 0.3) is 0 Å². The Morgan fingerprint density at radius 3 is 2.40 bits per heavy atom. The van der Waals surface area contributed by atoms with E-state index in [1.165, 1.54) is 50.7 Å². The Labute approximate surface area is 117 Å². The first-order valence-electron chi connectivity index (χ1n) is 7.43. The maximum absolute atomic E-state index is 12.7. The molecule has 2 aliphatic rings. The molecule has 2 fully saturated rings. The molecule has 4 heteroatoms. The summed E-state index contributed by atoms with van der Waals surface area (Å²) in [7, 11) is 0. The Morgan fingerprint density at radius 2 is 1.80 bits per heavy atom. The van der Waals surface area contributed by atoms with E-state index in [0.29, 0.717) is 17.1 Å². The van der Waals surface area contributed by atoms with Crippen molar-refractivity contribution in [2.24, 2.45) is 5.41 Å². The second kappa shape index (κ2) is 4.97. The molecule has 1 nitrogen and oxygen atoms in total. The van der Waals surface area contributed by atoms with Gasteiger partial charge in [0.2, 0.25) is 0 Å². The summed E-state index contributed by atoms with van der Waals surface area (Å²) in [6, 6.07) is 5.94. The van der Waals surface area contributed by atoms with Gasteiger partial charge in [0.15, 0.2) is 0 Å². The van der Waals surface area contributed by atoms with E-state index in [9.17, 15) is 13.2 Å². The van der Waals surface area contributed by atoms with Crippen molar-refractivity contribution in [3.8, 4) is 0 Å². The second-order valence-electron chi connectivity index (χ2n) is 6.24. The van der Waals surface area contributed by atoms with Crippen molar-refractivity contribution < 1.29 is 13.2 Å². The summed E-state index contributed by atoms with van der Waals surface area (Å²) in [5, 5.41) is 3.35. The normalized spacial score (nSPS) is 25.2. The molecule has 1 unspecified atom stereocenters. The van der Waals surface area contributed by atoms with Gasteiger partial charge in [0.1, 0.15) is 0 Å². The van der Waals surface area contributed by atoms with Gasteiger partial charge >= 0.3 is 6.18 Å². The fourth-order valence-corrected chi connectivity index (χ4v) is 3.76. The molecule has 20 heavy (non-hydrogen) atoms. The molecule has 1 atom stereocenters. The first-order valence-corrected chi connectivity index (χ1v) is 7.43. The number of hydrogen-bond acceptors (Lipinski definition) is 1. The summed E-state index contributed by atoms with van der Waals surface area (Å²) >= 11 is 0. The lowest BCUT2D eigenvalue weighted by Crippen LogP contribution is -2.50. The first kappa shape index (κ1) is 13.8. The third-order valence-electron chi connectivity index (χ3n) is 5.05. The van der Waals surface area contributed by atoms with Crippen molar-refractivity contribution in [3.63, 3.8) is 0 Å². The fraction of sp³-hybridized carbons (Fsp3) is 0.625. The minimum Gasteiger partial charge on any atom is -0.382 e. The minimum atomic E-state index is -4.26. The fourth-order valence-electron chi connectivity index (χ4n) is 3.76. The Hall–Kier alpha value is -1.19. The van der Waals surface area contributed by atoms with Crippen molar-refractivity contribution >= 4 is 5.69 Å². The first-order chi connectivity index (χ1) is 9.50. The number of nitrogens with one attached hydrogen (secondary N) is 1. The smallest absolute Gasteiger partial charge is 0.382 e. The number of hydrogen-bond donors (Lipinski definition) is 1. The number of rotatable bonds is 2. The molecule has 0 aromatic heterocycles. The van der Waals surface area contributed by atoms with E-state index in [0.717, 1.165) is 12.5 Å². The van der Waals surface area contributed by atoms with Gasteiger partial charge in [-0.2, -0.15) is 13.2 Å². The largest absolute Gasteiger partial charge is 0.416 e. The van der Waals surface area contributed by atoms with Crippen LogP contribution in [-0.4, -0.2) is 6.04 Å². The van der Waals surface area contributed by atoms with Crippen LogP contribution < -0.4 is 5.32 Å². The van der Waals surface area contributed by atoms with Gasteiger partial charge in [0.05, 0.1) is 5.56 Å². The molecule has 2 aliphatic carbocycles. The molecule has 0 saturated heterocycles. The van der Waals surface area contributed by atoms with Crippen LogP contribution in [0.15, 0.2) is 24.3 Å². The monoisotopic (exact) mass is 283 g/mol. The highest BCUT2D eigenvalue weighted by Crippen LogP contribution is 2.52. The lowest BCUT2D eigenvalue weighted by atomic mass is 9.57. The molecule has 110 valence electrons. The van der Waals surface area contributed by atoms with Crippen LogP contribution in [0.1, 0.15) is 50.5 Å². The molecular weight excluding hydrogens is 263 g/mol. The van der Waals surface area contributed by atoms with Crippen molar-refractivity contribution in [2.75, 3.05) is 5.32 Å². The van der Waals surface area contributed by atoms with Gasteiger partial charge in [0, 0.05) is 11.7 Å². The van der Waals surface area contributed by atoms with E-state index >= 15 is 0 Å². The molecule has 0 aliphatic heterocycles. The number of halogens is 3. The molecule has 0 radical (unpaired) electrons. The van der Waals surface area contributed by atoms with Crippen molar-refractivity contribution in [1.82, 2.24) is 0 Å². The molecule has 0 bridgehead atoms. The van der Waals surface area contributed by atoms with Crippen LogP contribution >= 0.6 is 0 Å². The summed E-state index contributed by atoms with van der Waals surface area (Å²) < 4.78 is 38.2. The Morgan fingerprint density at radius 1 is 1.05 bits per heavy atom. The zero-order chi connectivity index (χ0) is 14.2. The Kier molecular flexibility index (Phi) is 3.43. The van der Waals surface area contributed by atoms with Crippen LogP contribution in [0, 0.1) is 5.41 Å². The molecule has 1 aromatic carbocycles. The van der Waals surface area contributed by atoms with Crippen molar-refractivity contribution in [3.05, 3.63) is 29.8 Å². The van der Waals surface area contributed by atoms with Gasteiger partial charge in [-0.05, 0) is 49.3 Å². The highest BCUT2D eigenvalue weighted by molar-refractivity contribution is 5.48. The molecule has 1 spiro atoms. The van der Waals surface area contributed by atoms with E-state index < -0.39 is 11.7 Å². The SMILES string of the molecule is FC(F)(F)c1cccc(NC2CCC23CCCCC3)c1. The third-order valence-corrected chi connectivity index (χ3v) is 5.05. The maximum Gasteiger partial charge on any atom is 0.416 e. The summed E-state index contributed by atoms with van der Waals surface area (Å²) in [4.78, 5) is 0. The molecular formula is C16H20F3N. The zero-order valence-electron chi connectivity index (χ0n) is 11.5. The molecule has 3 rings (SSSR count). The summed E-state index contributed by atoms with van der Waals surface area (Å²) in [5.41, 5.74) is 0.390. The van der Waals surface area contributed by atoms with E-state index in [2.05, 4.69) is 5.32 Å². The van der Waals surface area contributed by atoms with Gasteiger partial charge < -0.3 is 5.32 Å². The summed E-state index contributed by atoms with van der Waals surface area (Å²) in [6.45, 7) is 0. The minimum absolute atomic E-state index is 0.353. The highest BCUT2D eigenvalue weighted by atomic mass is 19.4. The Balaban J connectivity index is 1.72. The quantitative estimate of drug-likeness (QED) is 0.783. The molecule has 2 saturated carbocycles. The van der Waals surface area contributed by atoms with Gasteiger partial charge in [0.25, 0.3) is 0 Å². The van der Waals surface area contributed by atoms with Crippen LogP contribution in [0.5, 0.6) is 0 Å². The van der Waals surface area contributed by atoms with Crippen molar-refractivity contribution in [1.29, 1.82) is 0 Å². The van der Waals surface area contributed by atoms with Crippen LogP contribution in [0.4, 0.5) is 18.9 Å². The van der Waals surface area contributed by atoms with Crippen LogP contribution in [-0.2, 0) is 6.18 Å². The molecule has 0 amide bonds. The van der Waals surface area contributed by atoms with Gasteiger partial charge in [-0.15, -0.1) is 0 Å². The van der Waals surface area contributed by atoms with Gasteiger partial charge in [-0.1, -0.05) is 25.3 Å². The summed E-state index contributed by atoms with van der Waals surface area (Å²) in [5.74, 6) is 0. The maximum atomic E-state index is 12.7. The molecule has 1 aromatic rings. The van der Waals surface area contributed by atoms with Gasteiger partial charge in [-0.25, -0.2) is 0 Å². The highest BCUT2D eigenvalue weighted by Gasteiger charge is 2.46.